The third kappa shape index (κ3) is 4.00. The van der Waals surface area contributed by atoms with Gasteiger partial charge in [-0.3, -0.25) is 4.79 Å². The molecule has 10 heteroatoms. The van der Waals surface area contributed by atoms with E-state index in [1.807, 2.05) is 0 Å². The number of nitrogens with one attached hydrogen (secondary N) is 1. The number of carbonyl (C=O) groups excluding carboxylic acids is 2. The van der Waals surface area contributed by atoms with Crippen LogP contribution in [0, 0.1) is 12.7 Å². The first-order valence-electron chi connectivity index (χ1n) is 10.8. The highest BCUT2D eigenvalue weighted by molar-refractivity contribution is 5.87. The molecular formula is C24H24F4N2O4. The molecule has 2 heterocycles. The Hall–Kier alpha value is -3.14. The Morgan fingerprint density at radius 2 is 1.79 bits per heavy atom. The molecule has 2 N–H and O–H groups in total. The molecule has 2 aliphatic heterocycles. The zero-order valence-corrected chi connectivity index (χ0v) is 18.4. The van der Waals surface area contributed by atoms with Crippen LogP contribution in [0.1, 0.15) is 35.4 Å². The summed E-state index contributed by atoms with van der Waals surface area (Å²) in [7, 11) is 0. The van der Waals surface area contributed by atoms with Crippen molar-refractivity contribution in [1.82, 2.24) is 10.2 Å². The molecule has 2 atom stereocenters. The largest absolute Gasteiger partial charge is 0.442 e. The van der Waals surface area contributed by atoms with Crippen molar-refractivity contribution in [2.45, 2.75) is 43.1 Å². The summed E-state index contributed by atoms with van der Waals surface area (Å²) in [6.07, 6.45) is -5.77. The molecule has 0 aromatic heterocycles. The lowest BCUT2D eigenvalue weighted by Crippen LogP contribution is -2.62. The summed E-state index contributed by atoms with van der Waals surface area (Å²) in [6.45, 7) is 1.61. The number of piperidine rings is 1. The quantitative estimate of drug-likeness (QED) is 0.656. The zero-order valence-electron chi connectivity index (χ0n) is 18.4. The van der Waals surface area contributed by atoms with Crippen molar-refractivity contribution in [2.24, 2.45) is 0 Å². The summed E-state index contributed by atoms with van der Waals surface area (Å²) in [6, 6.07) is 10.5. The molecule has 182 valence electrons. The number of carbonyl (C=O) groups is 2. The zero-order chi connectivity index (χ0) is 24.7. The third-order valence-corrected chi connectivity index (χ3v) is 6.80. The highest BCUT2D eigenvalue weighted by atomic mass is 19.4. The molecule has 4 rings (SSSR count). The predicted octanol–water partition coefficient (Wildman–Crippen LogP) is 3.77. The number of amides is 2. The van der Waals surface area contributed by atoms with Gasteiger partial charge in [0.15, 0.2) is 0 Å². The number of alkyl halides is 3. The summed E-state index contributed by atoms with van der Waals surface area (Å²) in [5.74, 6) is -2.28. The standard InChI is InChI=1S/C24H24F4N2O4/c1-15-13-17(25)7-8-18(15)19-14-29-21(32)34-22(19)9-11-30(12-10-22)20(31)23(33,24(26,27)28)16-5-3-2-4-6-16/h2-8,13,19,33H,9-12,14H2,1H3,(H,29,32)/t19?,23-/m0/s1. The number of hydrogen-bond donors (Lipinski definition) is 2. The van der Waals surface area contributed by atoms with Crippen LogP contribution in [0.3, 0.4) is 0 Å². The molecule has 0 bridgehead atoms. The van der Waals surface area contributed by atoms with Gasteiger partial charge in [0.05, 0.1) is 0 Å². The van der Waals surface area contributed by atoms with Gasteiger partial charge in [0.1, 0.15) is 11.4 Å². The lowest BCUT2D eigenvalue weighted by Gasteiger charge is -2.49. The van der Waals surface area contributed by atoms with E-state index in [2.05, 4.69) is 5.32 Å². The monoisotopic (exact) mass is 480 g/mol. The van der Waals surface area contributed by atoms with Crippen LogP contribution in [-0.4, -0.2) is 53.4 Å². The number of benzene rings is 2. The van der Waals surface area contributed by atoms with Crippen LogP contribution in [-0.2, 0) is 15.1 Å². The van der Waals surface area contributed by atoms with Gasteiger partial charge in [-0.25, -0.2) is 9.18 Å². The minimum atomic E-state index is -5.24. The van der Waals surface area contributed by atoms with Gasteiger partial charge in [0.25, 0.3) is 11.5 Å². The molecule has 2 aromatic rings. The molecule has 34 heavy (non-hydrogen) atoms. The van der Waals surface area contributed by atoms with Crippen LogP contribution in [0.4, 0.5) is 22.4 Å². The van der Waals surface area contributed by atoms with E-state index in [-0.39, 0.29) is 32.5 Å². The maximum atomic E-state index is 13.9. The van der Waals surface area contributed by atoms with Gasteiger partial charge in [0, 0.05) is 44.0 Å². The lowest BCUT2D eigenvalue weighted by molar-refractivity contribution is -0.262. The fourth-order valence-electron chi connectivity index (χ4n) is 4.94. The second kappa shape index (κ2) is 8.57. The van der Waals surface area contributed by atoms with E-state index in [9.17, 15) is 32.3 Å². The number of rotatable bonds is 3. The Kier molecular flexibility index (Phi) is 6.05. The van der Waals surface area contributed by atoms with Crippen molar-refractivity contribution in [2.75, 3.05) is 19.6 Å². The fraction of sp³-hybridized carbons (Fsp3) is 0.417. The van der Waals surface area contributed by atoms with Crippen molar-refractivity contribution < 1.29 is 37.0 Å². The van der Waals surface area contributed by atoms with Crippen LogP contribution in [0.15, 0.2) is 48.5 Å². The number of ether oxygens (including phenoxy) is 1. The first kappa shape index (κ1) is 24.0. The Balaban J connectivity index is 1.61. The highest BCUT2D eigenvalue weighted by Gasteiger charge is 2.62. The van der Waals surface area contributed by atoms with Gasteiger partial charge in [0.2, 0.25) is 0 Å². The molecule has 2 aromatic carbocycles. The SMILES string of the molecule is Cc1cc(F)ccc1C1CNC(=O)OC12CCN(C(=O)[C@@](O)(c1ccccc1)C(F)(F)F)CC2. The average molecular weight is 480 g/mol. The number of nitrogens with zero attached hydrogens (tertiary/aromatic N) is 1. The Morgan fingerprint density at radius 1 is 1.15 bits per heavy atom. The van der Waals surface area contributed by atoms with Crippen LogP contribution >= 0.6 is 0 Å². The van der Waals surface area contributed by atoms with Crippen molar-refractivity contribution in [3.05, 3.63) is 71.0 Å². The summed E-state index contributed by atoms with van der Waals surface area (Å²) in [4.78, 5) is 26.1. The second-order valence-electron chi connectivity index (χ2n) is 8.76. The first-order chi connectivity index (χ1) is 16.0. The van der Waals surface area contributed by atoms with E-state index in [0.717, 1.165) is 22.6 Å². The van der Waals surface area contributed by atoms with E-state index in [0.29, 0.717) is 5.56 Å². The molecule has 0 aliphatic carbocycles. The summed E-state index contributed by atoms with van der Waals surface area (Å²) in [5.41, 5.74) is -3.95. The molecule has 0 saturated carbocycles. The van der Waals surface area contributed by atoms with Crippen LogP contribution in [0.5, 0.6) is 0 Å². The molecule has 1 spiro atoms. The molecule has 2 fully saturated rings. The van der Waals surface area contributed by atoms with Gasteiger partial charge in [-0.1, -0.05) is 36.4 Å². The van der Waals surface area contributed by atoms with Crippen LogP contribution in [0.2, 0.25) is 0 Å². The maximum Gasteiger partial charge on any atom is 0.430 e. The maximum absolute atomic E-state index is 13.9. The summed E-state index contributed by atoms with van der Waals surface area (Å²) < 4.78 is 61.2. The number of alkyl carbamates (subject to hydrolysis) is 1. The van der Waals surface area contributed by atoms with Crippen LogP contribution in [0.25, 0.3) is 0 Å². The smallest absolute Gasteiger partial charge is 0.430 e. The number of aryl methyl sites for hydroxylation is 1. The average Bonchev–Trinajstić information content (AvgIpc) is 2.79. The molecule has 6 nitrogen and oxygen atoms in total. The van der Waals surface area contributed by atoms with E-state index >= 15 is 0 Å². The van der Waals surface area contributed by atoms with E-state index < -0.39 is 46.7 Å². The normalized spacial score (nSPS) is 22.0. The first-order valence-corrected chi connectivity index (χ1v) is 10.8. The Labute approximate surface area is 193 Å². The van der Waals surface area contributed by atoms with E-state index in [4.69, 9.17) is 4.74 Å². The highest BCUT2D eigenvalue weighted by Crippen LogP contribution is 2.45. The van der Waals surface area contributed by atoms with Crippen molar-refractivity contribution in [3.63, 3.8) is 0 Å². The molecule has 1 unspecified atom stereocenters. The van der Waals surface area contributed by atoms with Gasteiger partial charge < -0.3 is 20.1 Å². The molecule has 2 amide bonds. The fourth-order valence-corrected chi connectivity index (χ4v) is 4.94. The van der Waals surface area contributed by atoms with Gasteiger partial charge in [-0.15, -0.1) is 0 Å². The third-order valence-electron chi connectivity index (χ3n) is 6.80. The molecular weight excluding hydrogens is 456 g/mol. The predicted molar refractivity (Wildman–Crippen MR) is 113 cm³/mol. The van der Waals surface area contributed by atoms with Crippen LogP contribution < -0.4 is 5.32 Å². The molecule has 2 saturated heterocycles. The number of aliphatic hydroxyl groups is 1. The van der Waals surface area contributed by atoms with E-state index in [1.165, 1.54) is 30.3 Å². The number of halogens is 4. The molecule has 2 aliphatic rings. The van der Waals surface area contributed by atoms with Crippen molar-refractivity contribution in [1.29, 1.82) is 0 Å². The Bertz CT molecular complexity index is 1080. The minimum Gasteiger partial charge on any atom is -0.442 e. The Morgan fingerprint density at radius 3 is 2.38 bits per heavy atom. The van der Waals surface area contributed by atoms with Gasteiger partial charge in [-0.05, 0) is 30.2 Å². The van der Waals surface area contributed by atoms with Crippen molar-refractivity contribution in [3.8, 4) is 0 Å². The van der Waals surface area contributed by atoms with E-state index in [1.54, 1.807) is 13.0 Å². The lowest BCUT2D eigenvalue weighted by atomic mass is 9.73. The second-order valence-corrected chi connectivity index (χ2v) is 8.76. The summed E-state index contributed by atoms with van der Waals surface area (Å²) >= 11 is 0. The summed E-state index contributed by atoms with van der Waals surface area (Å²) in [5, 5.41) is 13.2. The minimum absolute atomic E-state index is 0.0658. The topological polar surface area (TPSA) is 78.9 Å². The number of likely N-dealkylation sites (tertiary alicyclic amines) is 1. The van der Waals surface area contributed by atoms with Gasteiger partial charge in [-0.2, -0.15) is 13.2 Å². The van der Waals surface area contributed by atoms with Crippen molar-refractivity contribution >= 4 is 12.0 Å². The number of hydrogen-bond acceptors (Lipinski definition) is 4. The van der Waals surface area contributed by atoms with Gasteiger partial charge >= 0.3 is 12.3 Å². The molecule has 0 radical (unpaired) electrons.